The minimum atomic E-state index is -0.899. The van der Waals surface area contributed by atoms with E-state index in [1.54, 1.807) is 23.5 Å². The van der Waals surface area contributed by atoms with Gasteiger partial charge in [0.15, 0.2) is 0 Å². The molecule has 5 heteroatoms. The Labute approximate surface area is 127 Å². The van der Waals surface area contributed by atoms with E-state index < -0.39 is 5.54 Å². The van der Waals surface area contributed by atoms with E-state index in [1.807, 2.05) is 36.6 Å². The number of hydrogen-bond donors (Lipinski definition) is 1. The molecule has 0 fully saturated rings. The Morgan fingerprint density at radius 1 is 1.35 bits per heavy atom. The molecule has 0 saturated carbocycles. The fraction of sp³-hybridized carbons (Fsp3) is 0.267. The molecule has 1 aromatic heterocycles. The van der Waals surface area contributed by atoms with Crippen molar-refractivity contribution in [3.8, 4) is 0 Å². The van der Waals surface area contributed by atoms with E-state index in [0.717, 1.165) is 10.4 Å². The van der Waals surface area contributed by atoms with Crippen molar-refractivity contribution in [3.05, 3.63) is 57.2 Å². The average Bonchev–Trinajstić information content (AvgIpc) is 2.98. The summed E-state index contributed by atoms with van der Waals surface area (Å²) in [5, 5.41) is 5.92. The molecule has 1 atom stereocenters. The Morgan fingerprint density at radius 2 is 2.05 bits per heavy atom. The van der Waals surface area contributed by atoms with Gasteiger partial charge in [-0.05, 0) is 36.1 Å². The molecule has 2 aromatic rings. The highest BCUT2D eigenvalue weighted by atomic mass is 35.5. The van der Waals surface area contributed by atoms with Crippen LogP contribution in [0, 0.1) is 0 Å². The predicted molar refractivity (Wildman–Crippen MR) is 82.0 cm³/mol. The van der Waals surface area contributed by atoms with Gasteiger partial charge in [0.25, 0.3) is 0 Å². The Bertz CT molecular complexity index is 568. The number of benzene rings is 1. The lowest BCUT2D eigenvalue weighted by Crippen LogP contribution is -2.46. The molecule has 106 valence electrons. The van der Waals surface area contributed by atoms with Gasteiger partial charge in [-0.15, -0.1) is 11.3 Å². The highest BCUT2D eigenvalue weighted by Crippen LogP contribution is 2.25. The van der Waals surface area contributed by atoms with Crippen molar-refractivity contribution < 1.29 is 9.53 Å². The number of ether oxygens (including phenoxy) is 1. The van der Waals surface area contributed by atoms with E-state index in [0.29, 0.717) is 11.6 Å². The van der Waals surface area contributed by atoms with Gasteiger partial charge < -0.3 is 4.74 Å². The summed E-state index contributed by atoms with van der Waals surface area (Å²) in [5.41, 5.74) is -0.0751. The van der Waals surface area contributed by atoms with Crippen LogP contribution in [-0.4, -0.2) is 13.1 Å². The van der Waals surface area contributed by atoms with Gasteiger partial charge in [-0.2, -0.15) is 0 Å². The van der Waals surface area contributed by atoms with Crippen LogP contribution in [0.25, 0.3) is 0 Å². The van der Waals surface area contributed by atoms with Crippen LogP contribution in [0.3, 0.4) is 0 Å². The number of thiophene rings is 1. The van der Waals surface area contributed by atoms with Gasteiger partial charge in [0.1, 0.15) is 5.54 Å². The van der Waals surface area contributed by atoms with Gasteiger partial charge in [0, 0.05) is 16.4 Å². The third kappa shape index (κ3) is 3.20. The van der Waals surface area contributed by atoms with Crippen molar-refractivity contribution in [2.45, 2.75) is 19.0 Å². The summed E-state index contributed by atoms with van der Waals surface area (Å²) in [6, 6.07) is 11.2. The Kier molecular flexibility index (Phi) is 4.81. The maximum atomic E-state index is 12.2. The lowest BCUT2D eigenvalue weighted by Gasteiger charge is -2.28. The lowest BCUT2D eigenvalue weighted by atomic mass is 9.92. The van der Waals surface area contributed by atoms with E-state index in [4.69, 9.17) is 16.3 Å². The zero-order valence-corrected chi connectivity index (χ0v) is 12.9. The fourth-order valence-electron chi connectivity index (χ4n) is 1.96. The average molecular weight is 310 g/mol. The molecule has 0 saturated heterocycles. The standard InChI is InChI=1S/C15H16ClNO2S/c1-15(14(18)19-2,11-5-7-12(16)8-6-11)17-10-13-4-3-9-20-13/h3-9,17H,10H2,1-2H3. The third-order valence-electron chi connectivity index (χ3n) is 3.21. The Balaban J connectivity index is 2.25. The number of esters is 1. The minimum Gasteiger partial charge on any atom is -0.467 e. The van der Waals surface area contributed by atoms with E-state index in [-0.39, 0.29) is 5.97 Å². The highest BCUT2D eigenvalue weighted by molar-refractivity contribution is 7.09. The number of carbonyl (C=O) groups is 1. The van der Waals surface area contributed by atoms with Crippen LogP contribution < -0.4 is 5.32 Å². The first-order valence-electron chi connectivity index (χ1n) is 6.18. The normalized spacial score (nSPS) is 13.8. The molecule has 1 heterocycles. The SMILES string of the molecule is COC(=O)C(C)(NCc1cccs1)c1ccc(Cl)cc1. The fourth-order valence-corrected chi connectivity index (χ4v) is 2.73. The molecule has 0 spiro atoms. The predicted octanol–water partition coefficient (Wildman–Crippen LogP) is 3.58. The van der Waals surface area contributed by atoms with Crippen molar-refractivity contribution in [1.82, 2.24) is 5.32 Å². The largest absolute Gasteiger partial charge is 0.467 e. The van der Waals surface area contributed by atoms with Crippen LogP contribution in [0.15, 0.2) is 41.8 Å². The van der Waals surface area contributed by atoms with Crippen LogP contribution in [0.4, 0.5) is 0 Å². The summed E-state index contributed by atoms with van der Waals surface area (Å²) < 4.78 is 4.94. The molecular formula is C15H16ClNO2S. The molecule has 0 bridgehead atoms. The topological polar surface area (TPSA) is 38.3 Å². The van der Waals surface area contributed by atoms with Gasteiger partial charge >= 0.3 is 5.97 Å². The zero-order valence-electron chi connectivity index (χ0n) is 11.4. The first-order chi connectivity index (χ1) is 9.56. The quantitative estimate of drug-likeness (QED) is 0.858. The Morgan fingerprint density at radius 3 is 2.60 bits per heavy atom. The van der Waals surface area contributed by atoms with E-state index in [9.17, 15) is 4.79 Å². The smallest absolute Gasteiger partial charge is 0.330 e. The maximum Gasteiger partial charge on any atom is 0.330 e. The van der Waals surface area contributed by atoms with Gasteiger partial charge in [-0.3, -0.25) is 5.32 Å². The second kappa shape index (κ2) is 6.39. The summed E-state index contributed by atoms with van der Waals surface area (Å²) >= 11 is 7.54. The molecule has 0 amide bonds. The monoisotopic (exact) mass is 309 g/mol. The van der Waals surface area contributed by atoms with Crippen LogP contribution in [0.1, 0.15) is 17.4 Å². The van der Waals surface area contributed by atoms with E-state index >= 15 is 0 Å². The van der Waals surface area contributed by atoms with Crippen molar-refractivity contribution >= 4 is 28.9 Å². The third-order valence-corrected chi connectivity index (χ3v) is 4.34. The van der Waals surface area contributed by atoms with Gasteiger partial charge in [0.2, 0.25) is 0 Å². The first-order valence-corrected chi connectivity index (χ1v) is 7.44. The summed E-state index contributed by atoms with van der Waals surface area (Å²) in [7, 11) is 1.39. The molecule has 1 aromatic carbocycles. The van der Waals surface area contributed by atoms with Gasteiger partial charge in [-0.1, -0.05) is 29.8 Å². The van der Waals surface area contributed by atoms with E-state index in [2.05, 4.69) is 5.32 Å². The number of halogens is 1. The molecule has 1 unspecified atom stereocenters. The van der Waals surface area contributed by atoms with Crippen molar-refractivity contribution in [1.29, 1.82) is 0 Å². The molecule has 0 aliphatic heterocycles. The molecule has 0 aliphatic carbocycles. The van der Waals surface area contributed by atoms with Crippen molar-refractivity contribution in [2.24, 2.45) is 0 Å². The number of nitrogens with one attached hydrogen (secondary N) is 1. The molecule has 2 rings (SSSR count). The summed E-state index contributed by atoms with van der Waals surface area (Å²) in [6.45, 7) is 2.42. The van der Waals surface area contributed by atoms with Crippen LogP contribution >= 0.6 is 22.9 Å². The van der Waals surface area contributed by atoms with Gasteiger partial charge in [0.05, 0.1) is 7.11 Å². The van der Waals surface area contributed by atoms with Crippen LogP contribution in [-0.2, 0) is 21.6 Å². The van der Waals surface area contributed by atoms with Crippen LogP contribution in [0.2, 0.25) is 5.02 Å². The molecule has 0 radical (unpaired) electrons. The Hall–Kier alpha value is -1.36. The summed E-state index contributed by atoms with van der Waals surface area (Å²) in [6.07, 6.45) is 0. The number of hydrogen-bond acceptors (Lipinski definition) is 4. The summed E-state index contributed by atoms with van der Waals surface area (Å²) in [5.74, 6) is -0.323. The van der Waals surface area contributed by atoms with Crippen LogP contribution in [0.5, 0.6) is 0 Å². The summed E-state index contributed by atoms with van der Waals surface area (Å²) in [4.78, 5) is 13.3. The molecular weight excluding hydrogens is 294 g/mol. The highest BCUT2D eigenvalue weighted by Gasteiger charge is 2.35. The van der Waals surface area contributed by atoms with Gasteiger partial charge in [-0.25, -0.2) is 4.79 Å². The zero-order chi connectivity index (χ0) is 14.6. The van der Waals surface area contributed by atoms with Crippen molar-refractivity contribution in [3.63, 3.8) is 0 Å². The molecule has 1 N–H and O–H groups in total. The second-order valence-electron chi connectivity index (χ2n) is 4.56. The van der Waals surface area contributed by atoms with E-state index in [1.165, 1.54) is 7.11 Å². The second-order valence-corrected chi connectivity index (χ2v) is 6.03. The number of carbonyl (C=O) groups excluding carboxylic acids is 1. The van der Waals surface area contributed by atoms with Crippen molar-refractivity contribution in [2.75, 3.05) is 7.11 Å². The minimum absolute atomic E-state index is 0.323. The first kappa shape index (κ1) is 15.0. The number of methoxy groups -OCH3 is 1. The molecule has 3 nitrogen and oxygen atoms in total. The number of rotatable bonds is 5. The lowest BCUT2D eigenvalue weighted by molar-refractivity contribution is -0.148. The molecule has 0 aliphatic rings. The maximum absolute atomic E-state index is 12.2. The molecule has 20 heavy (non-hydrogen) atoms.